The lowest BCUT2D eigenvalue weighted by atomic mass is 10.4. The highest BCUT2D eigenvalue weighted by molar-refractivity contribution is 5.85. The van der Waals surface area contributed by atoms with Crippen LogP contribution in [-0.2, 0) is 0 Å². The van der Waals surface area contributed by atoms with Crippen molar-refractivity contribution >= 4 is 11.9 Å². The lowest BCUT2D eigenvalue weighted by molar-refractivity contribution is 0.0690. The van der Waals surface area contributed by atoms with Crippen LogP contribution < -0.4 is 4.90 Å². The molecule has 0 unspecified atom stereocenters. The van der Waals surface area contributed by atoms with Crippen LogP contribution in [0.5, 0.6) is 0 Å². The average Bonchev–Trinajstić information content (AvgIpc) is 2.71. The summed E-state index contributed by atoms with van der Waals surface area (Å²) in [5.74, 6) is -0.477. The van der Waals surface area contributed by atoms with Crippen molar-refractivity contribution in [1.29, 1.82) is 0 Å². The minimum atomic E-state index is -1.01. The zero-order valence-corrected chi connectivity index (χ0v) is 8.18. The minimum Gasteiger partial charge on any atom is -0.477 e. The van der Waals surface area contributed by atoms with Crippen LogP contribution in [0.15, 0.2) is 12.3 Å². The molecule has 0 atom stereocenters. The number of hydrogen-bond donors (Lipinski definition) is 1. The van der Waals surface area contributed by atoms with Crippen LogP contribution in [0.25, 0.3) is 0 Å². The third-order valence-electron chi connectivity index (χ3n) is 2.25. The van der Waals surface area contributed by atoms with Gasteiger partial charge in [0.25, 0.3) is 0 Å². The first-order valence-electron chi connectivity index (χ1n) is 4.58. The maximum atomic E-state index is 10.7. The summed E-state index contributed by atoms with van der Waals surface area (Å²) >= 11 is 0. The third-order valence-corrected chi connectivity index (χ3v) is 2.25. The topological polar surface area (TPSA) is 97.8 Å². The van der Waals surface area contributed by atoms with Gasteiger partial charge in [0, 0.05) is 19.3 Å². The van der Waals surface area contributed by atoms with E-state index in [0.717, 1.165) is 25.9 Å². The Kier molecular flexibility index (Phi) is 3.56. The van der Waals surface area contributed by atoms with Gasteiger partial charge in [-0.1, -0.05) is 0 Å². The predicted octanol–water partition coefficient (Wildman–Crippen LogP) is -0.0497. The Morgan fingerprint density at radius 3 is 2.67 bits per heavy atom. The molecule has 0 radical (unpaired) electrons. The zero-order chi connectivity index (χ0) is 9.97. The normalized spacial score (nSPS) is 14.8. The first-order chi connectivity index (χ1) is 6.77. The van der Waals surface area contributed by atoms with Crippen LogP contribution in [-0.4, -0.2) is 39.6 Å². The van der Waals surface area contributed by atoms with Gasteiger partial charge >= 0.3 is 5.97 Å². The summed E-state index contributed by atoms with van der Waals surface area (Å²) in [5, 5.41) is 8.74. The second kappa shape index (κ2) is 4.70. The van der Waals surface area contributed by atoms with Gasteiger partial charge in [-0.05, 0) is 18.9 Å². The van der Waals surface area contributed by atoms with Gasteiger partial charge in [-0.3, -0.25) is 0 Å². The van der Waals surface area contributed by atoms with Crippen LogP contribution in [0.1, 0.15) is 23.3 Å². The highest BCUT2D eigenvalue weighted by Crippen LogP contribution is 2.14. The molecule has 0 aromatic carbocycles. The van der Waals surface area contributed by atoms with E-state index in [1.54, 1.807) is 0 Å². The molecule has 0 aliphatic carbocycles. The Hall–Kier alpha value is -1.69. The molecule has 15 heavy (non-hydrogen) atoms. The van der Waals surface area contributed by atoms with Gasteiger partial charge in [-0.15, -0.1) is 0 Å². The summed E-state index contributed by atoms with van der Waals surface area (Å²) in [4.78, 5) is 20.7. The van der Waals surface area contributed by atoms with E-state index >= 15 is 0 Å². The molecule has 6 heteroatoms. The Morgan fingerprint density at radius 2 is 2.07 bits per heavy atom. The van der Waals surface area contributed by atoms with Gasteiger partial charge in [0.1, 0.15) is 0 Å². The molecule has 3 N–H and O–H groups in total. The molecule has 1 saturated heterocycles. The molecule has 0 amide bonds. The van der Waals surface area contributed by atoms with E-state index in [0.29, 0.717) is 5.95 Å². The fourth-order valence-electron chi connectivity index (χ4n) is 1.54. The largest absolute Gasteiger partial charge is 0.477 e. The molecular formula is C9H13N3O3. The Balaban J connectivity index is 0.00000112. The third kappa shape index (κ3) is 2.41. The van der Waals surface area contributed by atoms with Gasteiger partial charge in [-0.2, -0.15) is 0 Å². The lowest BCUT2D eigenvalue weighted by Gasteiger charge is -2.14. The van der Waals surface area contributed by atoms with E-state index in [9.17, 15) is 4.79 Å². The first-order valence-corrected chi connectivity index (χ1v) is 4.58. The maximum absolute atomic E-state index is 10.7. The summed E-state index contributed by atoms with van der Waals surface area (Å²) < 4.78 is 0. The van der Waals surface area contributed by atoms with Crippen molar-refractivity contribution in [3.05, 3.63) is 18.0 Å². The van der Waals surface area contributed by atoms with Gasteiger partial charge in [0.05, 0.1) is 0 Å². The van der Waals surface area contributed by atoms with Crippen LogP contribution in [0.4, 0.5) is 5.95 Å². The van der Waals surface area contributed by atoms with Crippen molar-refractivity contribution in [2.75, 3.05) is 18.0 Å². The van der Waals surface area contributed by atoms with E-state index in [-0.39, 0.29) is 11.2 Å². The summed E-state index contributed by atoms with van der Waals surface area (Å²) in [7, 11) is 0. The number of carbonyl (C=O) groups is 1. The number of aromatic nitrogens is 2. The second-order valence-corrected chi connectivity index (χ2v) is 3.24. The molecule has 0 spiro atoms. The van der Waals surface area contributed by atoms with E-state index in [2.05, 4.69) is 9.97 Å². The molecule has 1 aliphatic rings. The Morgan fingerprint density at radius 1 is 1.40 bits per heavy atom. The first kappa shape index (κ1) is 11.4. The van der Waals surface area contributed by atoms with Gasteiger partial charge in [0.2, 0.25) is 5.95 Å². The summed E-state index contributed by atoms with van der Waals surface area (Å²) in [6, 6.07) is 1.40. The standard InChI is InChI=1S/C9H11N3O2.H2O/c13-8(14)7-3-4-10-9(11-7)12-5-1-2-6-12;/h3-4H,1-2,5-6H2,(H,13,14);1H2. The number of hydrogen-bond acceptors (Lipinski definition) is 4. The van der Waals surface area contributed by atoms with Crippen LogP contribution in [0.2, 0.25) is 0 Å². The molecule has 1 aromatic rings. The van der Waals surface area contributed by atoms with Gasteiger partial charge in [0.15, 0.2) is 5.69 Å². The Labute approximate surface area is 86.9 Å². The zero-order valence-electron chi connectivity index (χ0n) is 8.18. The highest BCUT2D eigenvalue weighted by atomic mass is 16.4. The summed E-state index contributed by atoms with van der Waals surface area (Å²) in [5.41, 5.74) is 0.0573. The predicted molar refractivity (Wildman–Crippen MR) is 54.1 cm³/mol. The van der Waals surface area contributed by atoms with Crippen LogP contribution in [0, 0.1) is 0 Å². The molecular weight excluding hydrogens is 198 g/mol. The van der Waals surface area contributed by atoms with Crippen LogP contribution >= 0.6 is 0 Å². The summed E-state index contributed by atoms with van der Waals surface area (Å²) in [6.07, 6.45) is 3.74. The van der Waals surface area contributed by atoms with E-state index in [4.69, 9.17) is 5.11 Å². The number of aromatic carboxylic acids is 1. The number of carboxylic acids is 1. The van der Waals surface area contributed by atoms with Crippen molar-refractivity contribution in [1.82, 2.24) is 9.97 Å². The number of nitrogens with zero attached hydrogens (tertiary/aromatic N) is 3. The lowest BCUT2D eigenvalue weighted by Crippen LogP contribution is -2.21. The van der Waals surface area contributed by atoms with Crippen molar-refractivity contribution in [3.8, 4) is 0 Å². The van der Waals surface area contributed by atoms with E-state index < -0.39 is 5.97 Å². The van der Waals surface area contributed by atoms with E-state index in [1.165, 1.54) is 12.3 Å². The molecule has 1 fully saturated rings. The fourth-order valence-corrected chi connectivity index (χ4v) is 1.54. The number of carboxylic acid groups (broad SMARTS) is 1. The fraction of sp³-hybridized carbons (Fsp3) is 0.444. The Bertz CT molecular complexity index is 350. The molecule has 82 valence electrons. The molecule has 0 bridgehead atoms. The maximum Gasteiger partial charge on any atom is 0.354 e. The molecule has 0 saturated carbocycles. The minimum absolute atomic E-state index is 0. The average molecular weight is 211 g/mol. The van der Waals surface area contributed by atoms with Crippen molar-refractivity contribution in [3.63, 3.8) is 0 Å². The number of anilines is 1. The number of rotatable bonds is 2. The van der Waals surface area contributed by atoms with Crippen LogP contribution in [0.3, 0.4) is 0 Å². The highest BCUT2D eigenvalue weighted by Gasteiger charge is 2.16. The molecule has 6 nitrogen and oxygen atoms in total. The van der Waals surface area contributed by atoms with Crippen molar-refractivity contribution in [2.45, 2.75) is 12.8 Å². The monoisotopic (exact) mass is 211 g/mol. The molecule has 1 aliphatic heterocycles. The quantitative estimate of drug-likeness (QED) is 0.739. The molecule has 1 aromatic heterocycles. The molecule has 2 heterocycles. The van der Waals surface area contributed by atoms with E-state index in [1.807, 2.05) is 4.90 Å². The smallest absolute Gasteiger partial charge is 0.354 e. The van der Waals surface area contributed by atoms with Gasteiger partial charge < -0.3 is 15.5 Å². The SMILES string of the molecule is O.O=C(O)c1ccnc(N2CCCC2)n1. The van der Waals surface area contributed by atoms with Gasteiger partial charge in [-0.25, -0.2) is 14.8 Å². The van der Waals surface area contributed by atoms with Crippen molar-refractivity contribution < 1.29 is 15.4 Å². The summed E-state index contributed by atoms with van der Waals surface area (Å²) in [6.45, 7) is 1.84. The molecule has 2 rings (SSSR count). The second-order valence-electron chi connectivity index (χ2n) is 3.24. The van der Waals surface area contributed by atoms with Crippen molar-refractivity contribution in [2.24, 2.45) is 0 Å².